The zero-order valence-electron chi connectivity index (χ0n) is 10.3. The van der Waals surface area contributed by atoms with Crippen LogP contribution in [0.15, 0.2) is 29.2 Å². The van der Waals surface area contributed by atoms with E-state index in [1.54, 1.807) is 31.2 Å². The first-order chi connectivity index (χ1) is 8.49. The molecule has 0 atom stereocenters. The maximum Gasteiger partial charge on any atom is 0.297 e. The van der Waals surface area contributed by atoms with Gasteiger partial charge in [-0.2, -0.15) is 8.42 Å². The summed E-state index contributed by atoms with van der Waals surface area (Å²) in [6, 6.07) is 6.74. The fraction of sp³-hybridized carbons (Fsp3) is 0.462. The summed E-state index contributed by atoms with van der Waals surface area (Å²) < 4.78 is 29.4. The van der Waals surface area contributed by atoms with Crippen LogP contribution < -0.4 is 0 Å². The molecule has 98 valence electrons. The Bertz CT molecular complexity index is 538. The van der Waals surface area contributed by atoms with Crippen molar-refractivity contribution in [1.82, 2.24) is 0 Å². The highest BCUT2D eigenvalue weighted by molar-refractivity contribution is 7.86. The molecular weight excluding hydrogens is 252 g/mol. The first-order valence-electron chi connectivity index (χ1n) is 5.99. The summed E-state index contributed by atoms with van der Waals surface area (Å²) >= 11 is 0. The van der Waals surface area contributed by atoms with E-state index in [1.165, 1.54) is 0 Å². The van der Waals surface area contributed by atoms with Crippen LogP contribution in [-0.2, 0) is 19.1 Å². The third-order valence-electron chi connectivity index (χ3n) is 3.12. The van der Waals surface area contributed by atoms with Gasteiger partial charge in [0.05, 0.1) is 11.0 Å². The molecule has 1 aliphatic carbocycles. The second-order valence-corrected chi connectivity index (χ2v) is 6.09. The fourth-order valence-corrected chi connectivity index (χ4v) is 3.44. The normalized spacial score (nSPS) is 17.9. The molecule has 0 amide bonds. The lowest BCUT2D eigenvalue weighted by molar-refractivity contribution is -0.121. The summed E-state index contributed by atoms with van der Waals surface area (Å²) in [5.41, 5.74) is 0.671. The molecule has 0 aromatic heterocycles. The van der Waals surface area contributed by atoms with Crippen LogP contribution in [-0.4, -0.2) is 20.3 Å². The highest BCUT2D eigenvalue weighted by atomic mass is 32.2. The molecule has 1 saturated carbocycles. The molecule has 0 saturated heterocycles. The summed E-state index contributed by atoms with van der Waals surface area (Å²) in [7, 11) is -3.72. The van der Waals surface area contributed by atoms with Gasteiger partial charge in [-0.25, -0.2) is 0 Å². The van der Waals surface area contributed by atoms with E-state index in [4.69, 9.17) is 4.18 Å². The Morgan fingerprint density at radius 3 is 2.39 bits per heavy atom. The Balaban J connectivity index is 2.13. The van der Waals surface area contributed by atoms with E-state index >= 15 is 0 Å². The third-order valence-corrected chi connectivity index (χ3v) is 4.64. The molecule has 18 heavy (non-hydrogen) atoms. The number of hydrogen-bond acceptors (Lipinski definition) is 4. The molecule has 0 N–H and O–H groups in total. The van der Waals surface area contributed by atoms with Gasteiger partial charge >= 0.3 is 0 Å². The summed E-state index contributed by atoms with van der Waals surface area (Å²) in [6.45, 7) is 1.74. The average Bonchev–Trinajstić information content (AvgIpc) is 2.32. The molecule has 5 heteroatoms. The predicted octanol–water partition coefficient (Wildman–Crippen LogP) is 2.21. The van der Waals surface area contributed by atoms with Crippen molar-refractivity contribution in [2.24, 2.45) is 0 Å². The summed E-state index contributed by atoms with van der Waals surface area (Å²) in [5, 5.41) is 0. The van der Waals surface area contributed by atoms with E-state index in [0.29, 0.717) is 31.2 Å². The predicted molar refractivity (Wildman–Crippen MR) is 66.7 cm³/mol. The topological polar surface area (TPSA) is 60.4 Å². The minimum absolute atomic E-state index is 0.183. The number of carbonyl (C=O) groups is 1. The maximum absolute atomic E-state index is 12.1. The monoisotopic (exact) mass is 268 g/mol. The third kappa shape index (κ3) is 2.97. The van der Waals surface area contributed by atoms with E-state index < -0.39 is 10.1 Å². The number of carbonyl (C=O) groups excluding carboxylic acids is 1. The van der Waals surface area contributed by atoms with Crippen LogP contribution in [0.1, 0.15) is 31.2 Å². The second-order valence-electron chi connectivity index (χ2n) is 4.55. The molecule has 0 heterocycles. The summed E-state index contributed by atoms with van der Waals surface area (Å²) in [5.74, 6) is 0.183. The van der Waals surface area contributed by atoms with Crippen LogP contribution in [0.3, 0.4) is 0 Å². The Morgan fingerprint density at radius 1 is 1.17 bits per heavy atom. The molecule has 0 aliphatic heterocycles. The van der Waals surface area contributed by atoms with Crippen molar-refractivity contribution in [2.75, 3.05) is 0 Å². The lowest BCUT2D eigenvalue weighted by Gasteiger charge is -2.21. The van der Waals surface area contributed by atoms with E-state index in [-0.39, 0.29) is 16.8 Å². The van der Waals surface area contributed by atoms with Gasteiger partial charge in [0.25, 0.3) is 10.1 Å². The van der Waals surface area contributed by atoms with Crippen LogP contribution >= 0.6 is 0 Å². The molecule has 1 aliphatic rings. The number of aryl methyl sites for hydroxylation is 1. The number of Topliss-reactive ketones (excluding diaryl/α,β-unsaturated/α-hetero) is 1. The zero-order chi connectivity index (χ0) is 13.2. The number of rotatable bonds is 3. The lowest BCUT2D eigenvalue weighted by Crippen LogP contribution is -2.24. The molecule has 1 fully saturated rings. The molecule has 0 radical (unpaired) electrons. The minimum atomic E-state index is -3.72. The highest BCUT2D eigenvalue weighted by Gasteiger charge is 2.26. The molecule has 0 bridgehead atoms. The van der Waals surface area contributed by atoms with Crippen LogP contribution in [0.5, 0.6) is 0 Å². The number of benzene rings is 1. The van der Waals surface area contributed by atoms with Gasteiger partial charge in [-0.15, -0.1) is 0 Å². The minimum Gasteiger partial charge on any atom is -0.300 e. The Morgan fingerprint density at radius 2 is 1.78 bits per heavy atom. The van der Waals surface area contributed by atoms with Gasteiger partial charge in [-0.3, -0.25) is 8.98 Å². The Labute approximate surface area is 107 Å². The van der Waals surface area contributed by atoms with E-state index in [0.717, 1.165) is 0 Å². The van der Waals surface area contributed by atoms with Gasteiger partial charge in [0.1, 0.15) is 5.78 Å². The molecule has 2 rings (SSSR count). The smallest absolute Gasteiger partial charge is 0.297 e. The molecule has 4 nitrogen and oxygen atoms in total. The van der Waals surface area contributed by atoms with Gasteiger partial charge in [0.15, 0.2) is 0 Å². The largest absolute Gasteiger partial charge is 0.300 e. The van der Waals surface area contributed by atoms with Gasteiger partial charge in [0.2, 0.25) is 0 Å². The van der Waals surface area contributed by atoms with Crippen LogP contribution in [0.25, 0.3) is 0 Å². The molecule has 0 unspecified atom stereocenters. The fourth-order valence-electron chi connectivity index (χ4n) is 2.08. The quantitative estimate of drug-likeness (QED) is 0.789. The van der Waals surface area contributed by atoms with E-state index in [9.17, 15) is 13.2 Å². The molecule has 0 spiro atoms. The van der Waals surface area contributed by atoms with Crippen LogP contribution in [0.2, 0.25) is 0 Å². The standard InChI is InChI=1S/C13H16O4S/c1-10-4-2-3-5-13(10)18(15,16)17-12-8-6-11(14)7-9-12/h2-5,12H,6-9H2,1H3. The second kappa shape index (κ2) is 5.20. The molecule has 1 aromatic carbocycles. The average molecular weight is 268 g/mol. The van der Waals surface area contributed by atoms with Gasteiger partial charge in [0, 0.05) is 12.8 Å². The Hall–Kier alpha value is -1.20. The van der Waals surface area contributed by atoms with Crippen LogP contribution in [0, 0.1) is 6.92 Å². The molecule has 1 aromatic rings. The first-order valence-corrected chi connectivity index (χ1v) is 7.40. The van der Waals surface area contributed by atoms with E-state index in [2.05, 4.69) is 0 Å². The number of ketones is 1. The number of hydrogen-bond donors (Lipinski definition) is 0. The van der Waals surface area contributed by atoms with Crippen molar-refractivity contribution in [2.45, 2.75) is 43.6 Å². The zero-order valence-corrected chi connectivity index (χ0v) is 11.1. The maximum atomic E-state index is 12.1. The van der Waals surface area contributed by atoms with E-state index in [1.807, 2.05) is 0 Å². The first kappa shape index (κ1) is 13.2. The summed E-state index contributed by atoms with van der Waals surface area (Å²) in [6.07, 6.45) is 1.43. The van der Waals surface area contributed by atoms with Crippen molar-refractivity contribution in [3.05, 3.63) is 29.8 Å². The highest BCUT2D eigenvalue weighted by Crippen LogP contribution is 2.24. The SMILES string of the molecule is Cc1ccccc1S(=O)(=O)OC1CCC(=O)CC1. The van der Waals surface area contributed by atoms with Crippen molar-refractivity contribution in [3.8, 4) is 0 Å². The van der Waals surface area contributed by atoms with Crippen molar-refractivity contribution in [1.29, 1.82) is 0 Å². The van der Waals surface area contributed by atoms with Crippen molar-refractivity contribution < 1.29 is 17.4 Å². The molecular formula is C13H16O4S. The summed E-state index contributed by atoms with van der Waals surface area (Å²) in [4.78, 5) is 11.3. The van der Waals surface area contributed by atoms with Crippen molar-refractivity contribution >= 4 is 15.9 Å². The van der Waals surface area contributed by atoms with Gasteiger partial charge in [-0.1, -0.05) is 18.2 Å². The Kier molecular flexibility index (Phi) is 3.82. The lowest BCUT2D eigenvalue weighted by atomic mass is 9.97. The van der Waals surface area contributed by atoms with Gasteiger partial charge < -0.3 is 0 Å². The van der Waals surface area contributed by atoms with Crippen molar-refractivity contribution in [3.63, 3.8) is 0 Å². The van der Waals surface area contributed by atoms with Gasteiger partial charge in [-0.05, 0) is 31.4 Å². The van der Waals surface area contributed by atoms with Crippen LogP contribution in [0.4, 0.5) is 0 Å².